The summed E-state index contributed by atoms with van der Waals surface area (Å²) in [6.45, 7) is 2.91. The van der Waals surface area contributed by atoms with Gasteiger partial charge < -0.3 is 4.98 Å². The summed E-state index contributed by atoms with van der Waals surface area (Å²) in [5.74, 6) is 3.13. The normalized spacial score (nSPS) is 17.4. The fourth-order valence-electron chi connectivity index (χ4n) is 2.65. The molecule has 96 valence electrons. The molecule has 3 nitrogen and oxygen atoms in total. The van der Waals surface area contributed by atoms with E-state index in [2.05, 4.69) is 17.1 Å². The highest BCUT2D eigenvalue weighted by atomic mass is 32.2. The van der Waals surface area contributed by atoms with Gasteiger partial charge in [-0.3, -0.25) is 4.57 Å². The molecule has 1 aromatic carbocycles. The van der Waals surface area contributed by atoms with Crippen LogP contribution in [0.2, 0.25) is 0 Å². The van der Waals surface area contributed by atoms with E-state index in [1.165, 1.54) is 29.9 Å². The van der Waals surface area contributed by atoms with E-state index in [1.807, 2.05) is 29.3 Å². The molecule has 0 spiro atoms. The first-order valence-corrected chi connectivity index (χ1v) is 7.66. The van der Waals surface area contributed by atoms with E-state index in [9.17, 15) is 4.79 Å². The minimum absolute atomic E-state index is 0.0360. The molecule has 0 amide bonds. The fourth-order valence-corrected chi connectivity index (χ4v) is 3.85. The molecule has 4 heteroatoms. The Morgan fingerprint density at radius 3 is 2.94 bits per heavy atom. The number of aromatic amines is 1. The lowest BCUT2D eigenvalue weighted by atomic mass is 10.0. The Morgan fingerprint density at radius 2 is 2.17 bits per heavy atom. The fraction of sp³-hybridized carbons (Fsp3) is 0.500. The lowest BCUT2D eigenvalue weighted by Crippen LogP contribution is -2.23. The smallest absolute Gasteiger partial charge is 0.306 e. The van der Waals surface area contributed by atoms with E-state index in [-0.39, 0.29) is 5.69 Å². The monoisotopic (exact) mass is 262 g/mol. The number of hydrogen-bond donors (Lipinski definition) is 1. The van der Waals surface area contributed by atoms with Crippen LogP contribution in [-0.4, -0.2) is 21.1 Å². The number of nitrogens with zero attached hydrogens (tertiary/aromatic N) is 1. The molecule has 18 heavy (non-hydrogen) atoms. The second kappa shape index (κ2) is 4.84. The van der Waals surface area contributed by atoms with Crippen molar-refractivity contribution in [3.63, 3.8) is 0 Å². The predicted molar refractivity (Wildman–Crippen MR) is 77.3 cm³/mol. The van der Waals surface area contributed by atoms with Crippen LogP contribution in [0.15, 0.2) is 23.0 Å². The Morgan fingerprint density at radius 1 is 1.39 bits per heavy atom. The first kappa shape index (κ1) is 11.9. The van der Waals surface area contributed by atoms with Crippen LogP contribution in [0, 0.1) is 12.8 Å². The Kier molecular flexibility index (Phi) is 3.20. The molecular weight excluding hydrogens is 244 g/mol. The van der Waals surface area contributed by atoms with Gasteiger partial charge in [0.1, 0.15) is 0 Å². The zero-order valence-electron chi connectivity index (χ0n) is 10.6. The molecule has 1 saturated heterocycles. The molecule has 0 saturated carbocycles. The van der Waals surface area contributed by atoms with Crippen LogP contribution in [0.25, 0.3) is 11.0 Å². The van der Waals surface area contributed by atoms with E-state index < -0.39 is 0 Å². The van der Waals surface area contributed by atoms with E-state index in [0.717, 1.165) is 17.6 Å². The van der Waals surface area contributed by atoms with Gasteiger partial charge in [0.15, 0.2) is 0 Å². The van der Waals surface area contributed by atoms with Gasteiger partial charge in [0.25, 0.3) is 0 Å². The Hall–Kier alpha value is -1.16. The zero-order valence-corrected chi connectivity index (χ0v) is 11.4. The van der Waals surface area contributed by atoms with Crippen molar-refractivity contribution in [1.29, 1.82) is 0 Å². The van der Waals surface area contributed by atoms with Gasteiger partial charge in [-0.25, -0.2) is 4.79 Å². The lowest BCUT2D eigenvalue weighted by molar-refractivity contribution is 0.417. The maximum Gasteiger partial charge on any atom is 0.326 e. The largest absolute Gasteiger partial charge is 0.326 e. The number of nitrogens with one attached hydrogen (secondary N) is 1. The van der Waals surface area contributed by atoms with Crippen LogP contribution in [0.5, 0.6) is 0 Å². The molecule has 3 rings (SSSR count). The third kappa shape index (κ3) is 2.21. The molecule has 1 aliphatic rings. The number of thioether (sulfide) groups is 1. The zero-order chi connectivity index (χ0) is 12.5. The van der Waals surface area contributed by atoms with Gasteiger partial charge in [-0.15, -0.1) is 0 Å². The van der Waals surface area contributed by atoms with Crippen molar-refractivity contribution in [3.05, 3.63) is 34.2 Å². The second-order valence-electron chi connectivity index (χ2n) is 5.12. The number of fused-ring (bicyclic) bond motifs is 1. The first-order valence-electron chi connectivity index (χ1n) is 6.51. The van der Waals surface area contributed by atoms with E-state index in [1.54, 1.807) is 0 Å². The number of rotatable bonds is 2. The van der Waals surface area contributed by atoms with E-state index >= 15 is 0 Å². The molecule has 2 aromatic rings. The molecule has 0 aliphatic carbocycles. The average Bonchev–Trinajstić information content (AvgIpc) is 2.66. The summed E-state index contributed by atoms with van der Waals surface area (Å²) in [6.07, 6.45) is 2.46. The molecule has 1 N–H and O–H groups in total. The highest BCUT2D eigenvalue weighted by Crippen LogP contribution is 2.24. The summed E-state index contributed by atoms with van der Waals surface area (Å²) in [7, 11) is 0. The summed E-state index contributed by atoms with van der Waals surface area (Å²) >= 11 is 2.03. The molecule has 1 aromatic heterocycles. The number of aromatic nitrogens is 2. The topological polar surface area (TPSA) is 37.8 Å². The highest BCUT2D eigenvalue weighted by molar-refractivity contribution is 7.99. The number of H-pyrrole nitrogens is 1. The third-order valence-corrected chi connectivity index (χ3v) is 4.76. The predicted octanol–water partition coefficient (Wildman–Crippen LogP) is 2.78. The standard InChI is InChI=1S/C14H18N2OS/c1-10-2-3-13-12(8-10)15-14(17)16(13)9-11-4-6-18-7-5-11/h2-3,8,11H,4-7,9H2,1H3,(H,15,17). The van der Waals surface area contributed by atoms with Crippen LogP contribution < -0.4 is 5.69 Å². The average molecular weight is 262 g/mol. The quantitative estimate of drug-likeness (QED) is 0.903. The summed E-state index contributed by atoms with van der Waals surface area (Å²) in [4.78, 5) is 15.0. The third-order valence-electron chi connectivity index (χ3n) is 3.71. The number of imidazole rings is 1. The van der Waals surface area contributed by atoms with E-state index in [0.29, 0.717) is 5.92 Å². The molecule has 0 bridgehead atoms. The van der Waals surface area contributed by atoms with Crippen molar-refractivity contribution in [3.8, 4) is 0 Å². The molecular formula is C14H18N2OS. The van der Waals surface area contributed by atoms with Crippen molar-refractivity contribution < 1.29 is 0 Å². The number of aryl methyl sites for hydroxylation is 1. The highest BCUT2D eigenvalue weighted by Gasteiger charge is 2.16. The van der Waals surface area contributed by atoms with Gasteiger partial charge in [0, 0.05) is 6.54 Å². The van der Waals surface area contributed by atoms with Crippen LogP contribution in [0.1, 0.15) is 18.4 Å². The van der Waals surface area contributed by atoms with Gasteiger partial charge in [-0.05, 0) is 54.9 Å². The van der Waals surface area contributed by atoms with Crippen molar-refractivity contribution in [1.82, 2.24) is 9.55 Å². The summed E-state index contributed by atoms with van der Waals surface area (Å²) in [5.41, 5.74) is 3.23. The van der Waals surface area contributed by atoms with Crippen molar-refractivity contribution in [2.45, 2.75) is 26.3 Å². The number of hydrogen-bond acceptors (Lipinski definition) is 2. The van der Waals surface area contributed by atoms with Gasteiger partial charge in [-0.1, -0.05) is 6.07 Å². The Labute approximate surface area is 111 Å². The molecule has 1 fully saturated rings. The summed E-state index contributed by atoms with van der Waals surface area (Å²) in [5, 5.41) is 0. The van der Waals surface area contributed by atoms with Gasteiger partial charge in [-0.2, -0.15) is 11.8 Å². The van der Waals surface area contributed by atoms with Crippen LogP contribution in [0.4, 0.5) is 0 Å². The van der Waals surface area contributed by atoms with Crippen LogP contribution >= 0.6 is 11.8 Å². The lowest BCUT2D eigenvalue weighted by Gasteiger charge is -2.21. The number of benzene rings is 1. The molecule has 1 aliphatic heterocycles. The van der Waals surface area contributed by atoms with E-state index in [4.69, 9.17) is 0 Å². The first-order chi connectivity index (χ1) is 8.74. The summed E-state index contributed by atoms with van der Waals surface area (Å²) < 4.78 is 1.91. The Bertz CT molecular complexity index is 608. The van der Waals surface area contributed by atoms with Crippen molar-refractivity contribution in [2.75, 3.05) is 11.5 Å². The van der Waals surface area contributed by atoms with Crippen LogP contribution in [-0.2, 0) is 6.54 Å². The van der Waals surface area contributed by atoms with Gasteiger partial charge in [0.2, 0.25) is 0 Å². The van der Waals surface area contributed by atoms with Crippen LogP contribution in [0.3, 0.4) is 0 Å². The maximum atomic E-state index is 12.0. The molecule has 0 unspecified atom stereocenters. The minimum Gasteiger partial charge on any atom is -0.306 e. The molecule has 0 atom stereocenters. The van der Waals surface area contributed by atoms with Crippen molar-refractivity contribution >= 4 is 22.8 Å². The summed E-state index contributed by atoms with van der Waals surface area (Å²) in [6, 6.07) is 6.17. The van der Waals surface area contributed by atoms with Gasteiger partial charge >= 0.3 is 5.69 Å². The molecule has 0 radical (unpaired) electrons. The SMILES string of the molecule is Cc1ccc2c(c1)[nH]c(=O)n2CC1CCSCC1. The van der Waals surface area contributed by atoms with Crippen molar-refractivity contribution in [2.24, 2.45) is 5.92 Å². The maximum absolute atomic E-state index is 12.0. The minimum atomic E-state index is 0.0360. The Balaban J connectivity index is 1.95. The molecule has 2 heterocycles. The van der Waals surface area contributed by atoms with Gasteiger partial charge in [0.05, 0.1) is 11.0 Å². The second-order valence-corrected chi connectivity index (χ2v) is 6.34.